The van der Waals surface area contributed by atoms with Gasteiger partial charge in [0.2, 0.25) is 0 Å². The molecule has 1 N–H and O–H groups in total. The molecule has 0 aliphatic rings. The van der Waals surface area contributed by atoms with E-state index in [-0.39, 0.29) is 0 Å². The van der Waals surface area contributed by atoms with Gasteiger partial charge in [-0.1, -0.05) is 80.1 Å². The van der Waals surface area contributed by atoms with E-state index in [2.05, 4.69) is 46.4 Å². The molecule has 0 atom stereocenters. The number of guanidine groups is 1. The summed E-state index contributed by atoms with van der Waals surface area (Å²) >= 11 is 0. The van der Waals surface area contributed by atoms with Gasteiger partial charge in [-0.15, -0.1) is 0 Å². The summed E-state index contributed by atoms with van der Waals surface area (Å²) in [5, 5.41) is 7.42. The number of quaternary nitrogens is 1. The van der Waals surface area contributed by atoms with Crippen molar-refractivity contribution in [3.8, 4) is 0 Å². The van der Waals surface area contributed by atoms with E-state index in [1.165, 1.54) is 116 Å². The first-order valence-electron chi connectivity index (χ1n) is 13.7. The quantitative estimate of drug-likeness (QED) is 0.101. The van der Waals surface area contributed by atoms with E-state index in [1.54, 1.807) is 0 Å². The summed E-state index contributed by atoms with van der Waals surface area (Å²) in [4.78, 5) is 17.1. The number of aliphatic imine (C=N–C) groups is 1. The summed E-state index contributed by atoms with van der Waals surface area (Å²) in [6.07, 6.45) is 15.3. The molecule has 0 bridgehead atoms. The van der Waals surface area contributed by atoms with E-state index >= 15 is 0 Å². The molecule has 0 saturated carbocycles. The highest BCUT2D eigenvalue weighted by atomic mass is 16.4. The first-order valence-corrected chi connectivity index (χ1v) is 13.7. The number of aliphatic carboxylic acids is 1. The Morgan fingerprint density at radius 2 is 1.03 bits per heavy atom. The van der Waals surface area contributed by atoms with Gasteiger partial charge in [-0.25, -0.2) is 4.99 Å². The highest BCUT2D eigenvalue weighted by Gasteiger charge is 2.36. The van der Waals surface area contributed by atoms with Crippen molar-refractivity contribution in [3.63, 3.8) is 0 Å². The highest BCUT2D eigenvalue weighted by molar-refractivity contribution is 5.73. The van der Waals surface area contributed by atoms with Crippen LogP contribution in [-0.4, -0.2) is 65.7 Å². The molecular weight excluding hydrogens is 398 g/mol. The number of nitrogens with zero attached hydrogens (tertiary/aromatic N) is 3. The first kappa shape index (κ1) is 33.1. The molecular formula is C27H58N3O2+. The summed E-state index contributed by atoms with van der Waals surface area (Å²) in [6.45, 7) is 22.2. The van der Waals surface area contributed by atoms with Crippen molar-refractivity contribution in [2.75, 3.05) is 39.3 Å². The van der Waals surface area contributed by atoms with Crippen LogP contribution in [0, 0.1) is 0 Å². The van der Waals surface area contributed by atoms with Crippen LogP contribution in [0.5, 0.6) is 0 Å². The largest absolute Gasteiger partial charge is 0.481 e. The molecule has 0 amide bonds. The van der Waals surface area contributed by atoms with E-state index in [9.17, 15) is 0 Å². The second kappa shape index (κ2) is 23.1. The minimum atomic E-state index is -0.833. The van der Waals surface area contributed by atoms with Gasteiger partial charge in [0.25, 0.3) is 11.9 Å². The minimum absolute atomic E-state index is 0.833. The van der Waals surface area contributed by atoms with Crippen LogP contribution in [0.25, 0.3) is 0 Å². The van der Waals surface area contributed by atoms with E-state index in [4.69, 9.17) is 14.9 Å². The molecule has 32 heavy (non-hydrogen) atoms. The average molecular weight is 457 g/mol. The summed E-state index contributed by atoms with van der Waals surface area (Å²) in [5.74, 6) is 0.616. The molecule has 5 heteroatoms. The Bertz CT molecular complexity index is 418. The van der Waals surface area contributed by atoms with Crippen LogP contribution in [0.4, 0.5) is 0 Å². The zero-order chi connectivity index (χ0) is 24.7. The van der Waals surface area contributed by atoms with Crippen LogP contribution in [0.2, 0.25) is 0 Å². The lowest BCUT2D eigenvalue weighted by Crippen LogP contribution is -2.61. The Morgan fingerprint density at radius 1 is 0.688 bits per heavy atom. The van der Waals surface area contributed by atoms with Gasteiger partial charge < -0.3 is 10.0 Å². The fourth-order valence-electron chi connectivity index (χ4n) is 3.91. The first-order chi connectivity index (χ1) is 15.4. The number of hydrogen-bond acceptors (Lipinski definition) is 2. The molecule has 0 saturated heterocycles. The van der Waals surface area contributed by atoms with Crippen LogP contribution >= 0.6 is 0 Å². The number of rotatable bonds is 18. The third-order valence-electron chi connectivity index (χ3n) is 5.85. The van der Waals surface area contributed by atoms with Gasteiger partial charge in [0.05, 0.1) is 19.6 Å². The average Bonchev–Trinajstić information content (AvgIpc) is 2.77. The van der Waals surface area contributed by atoms with Gasteiger partial charge in [-0.2, -0.15) is 0 Å². The molecule has 0 aromatic heterocycles. The molecule has 0 radical (unpaired) electrons. The molecule has 0 heterocycles. The van der Waals surface area contributed by atoms with Crippen molar-refractivity contribution in [1.82, 2.24) is 4.90 Å². The standard InChI is InChI=1S/C25H54N3.C2H4O2/c1-7-13-19-26-25(27(20-14-8-2)21-15-9-3)28(22-16-10-4,23-17-11-5)24-18-12-6;1-2(3)4/h7-24H2,1-6H3;1H3,(H,3,4)/q+1;. The lowest BCUT2D eigenvalue weighted by molar-refractivity contribution is -0.848. The number of unbranched alkanes of at least 4 members (excludes halogenated alkanes) is 6. The SMILES string of the molecule is CC(=O)O.CCCCN=C(N(CCCC)CCCC)[N+](CCCC)(CCCC)CCCC. The van der Waals surface area contributed by atoms with Crippen LogP contribution < -0.4 is 0 Å². The lowest BCUT2D eigenvalue weighted by atomic mass is 10.1. The molecule has 192 valence electrons. The zero-order valence-electron chi connectivity index (χ0n) is 22.9. The number of carbonyl (C=O) groups is 1. The molecule has 0 spiro atoms. The molecule has 0 unspecified atom stereocenters. The number of hydrogen-bond donors (Lipinski definition) is 1. The van der Waals surface area contributed by atoms with Crippen LogP contribution in [0.15, 0.2) is 4.99 Å². The summed E-state index contributed by atoms with van der Waals surface area (Å²) in [7, 11) is 0. The van der Waals surface area contributed by atoms with Crippen molar-refractivity contribution < 1.29 is 14.4 Å². The van der Waals surface area contributed by atoms with Gasteiger partial charge in [0, 0.05) is 26.6 Å². The van der Waals surface area contributed by atoms with Gasteiger partial charge >= 0.3 is 0 Å². The van der Waals surface area contributed by atoms with Gasteiger partial charge in [0.15, 0.2) is 0 Å². The maximum atomic E-state index is 9.00. The summed E-state index contributed by atoms with van der Waals surface area (Å²) in [6, 6.07) is 0. The molecule has 0 aromatic carbocycles. The molecule has 5 nitrogen and oxygen atoms in total. The van der Waals surface area contributed by atoms with Crippen molar-refractivity contribution in [2.24, 2.45) is 4.99 Å². The highest BCUT2D eigenvalue weighted by Crippen LogP contribution is 2.20. The Labute approximate surface area is 201 Å². The van der Waals surface area contributed by atoms with Crippen molar-refractivity contribution >= 4 is 11.9 Å². The van der Waals surface area contributed by atoms with E-state index < -0.39 is 5.97 Å². The van der Waals surface area contributed by atoms with Gasteiger partial charge in [0.1, 0.15) is 0 Å². The monoisotopic (exact) mass is 456 g/mol. The van der Waals surface area contributed by atoms with Crippen molar-refractivity contribution in [1.29, 1.82) is 0 Å². The third kappa shape index (κ3) is 16.5. The second-order valence-electron chi connectivity index (χ2n) is 9.13. The predicted octanol–water partition coefficient (Wildman–Crippen LogP) is 7.35. The van der Waals surface area contributed by atoms with E-state index in [1.807, 2.05) is 0 Å². The second-order valence-corrected chi connectivity index (χ2v) is 9.13. The van der Waals surface area contributed by atoms with Crippen LogP contribution in [0.1, 0.15) is 126 Å². The maximum Gasteiger partial charge on any atom is 0.300 e. The predicted molar refractivity (Wildman–Crippen MR) is 141 cm³/mol. The fourth-order valence-corrected chi connectivity index (χ4v) is 3.91. The van der Waals surface area contributed by atoms with Crippen LogP contribution in [0.3, 0.4) is 0 Å². The van der Waals surface area contributed by atoms with Crippen molar-refractivity contribution in [2.45, 2.75) is 126 Å². The van der Waals surface area contributed by atoms with Gasteiger partial charge in [-0.3, -0.25) is 9.28 Å². The lowest BCUT2D eigenvalue weighted by Gasteiger charge is -2.43. The maximum absolute atomic E-state index is 9.00. The fraction of sp³-hybridized carbons (Fsp3) is 0.926. The molecule has 0 rings (SSSR count). The molecule has 0 aliphatic carbocycles. The summed E-state index contributed by atoms with van der Waals surface area (Å²) < 4.78 is 1.15. The van der Waals surface area contributed by atoms with E-state index in [0.29, 0.717) is 0 Å². The topological polar surface area (TPSA) is 52.9 Å². The minimum Gasteiger partial charge on any atom is -0.481 e. The molecule has 0 aliphatic heterocycles. The Kier molecular flexibility index (Phi) is 23.8. The Morgan fingerprint density at radius 3 is 1.34 bits per heavy atom. The third-order valence-corrected chi connectivity index (χ3v) is 5.85. The smallest absolute Gasteiger partial charge is 0.300 e. The van der Waals surface area contributed by atoms with Crippen molar-refractivity contribution in [3.05, 3.63) is 0 Å². The Balaban J connectivity index is 0. The molecule has 0 aromatic rings. The van der Waals surface area contributed by atoms with E-state index in [0.717, 1.165) is 18.0 Å². The normalized spacial score (nSPS) is 11.8. The Hall–Kier alpha value is -1.10. The number of carboxylic acids is 1. The van der Waals surface area contributed by atoms with Gasteiger partial charge in [-0.05, 0) is 38.5 Å². The van der Waals surface area contributed by atoms with Crippen LogP contribution in [-0.2, 0) is 4.79 Å². The molecule has 0 fully saturated rings. The summed E-state index contributed by atoms with van der Waals surface area (Å²) in [5.41, 5.74) is 0. The zero-order valence-corrected chi connectivity index (χ0v) is 22.9. The number of carboxylic acid groups (broad SMARTS) is 1.